The first-order valence-electron chi connectivity index (χ1n) is 9.25. The second kappa shape index (κ2) is 7.30. The molecule has 144 valence electrons. The van der Waals surface area contributed by atoms with E-state index in [0.717, 1.165) is 24.1 Å². The van der Waals surface area contributed by atoms with Gasteiger partial charge in [-0.1, -0.05) is 0 Å². The van der Waals surface area contributed by atoms with Gasteiger partial charge in [-0.2, -0.15) is 0 Å². The maximum absolute atomic E-state index is 12.3. The number of anilines is 1. The van der Waals surface area contributed by atoms with Gasteiger partial charge in [0.15, 0.2) is 5.82 Å². The van der Waals surface area contributed by atoms with Gasteiger partial charge in [0.2, 0.25) is 11.8 Å². The Bertz CT molecular complexity index is 1060. The maximum atomic E-state index is 12.3. The summed E-state index contributed by atoms with van der Waals surface area (Å²) in [7, 11) is 1.57. The third kappa shape index (κ3) is 3.28. The van der Waals surface area contributed by atoms with Gasteiger partial charge in [0.05, 0.1) is 28.9 Å². The van der Waals surface area contributed by atoms with E-state index >= 15 is 0 Å². The standard InChI is InChI=1S/C20H21N5O3/c1-3-28-20-12(5-4-8-22-20)15-9-13-14(19(27)21-2)10-23-17(16(13)24-15)25-18(26)11-6-7-11/h4-5,8-11,24H,3,6-7H2,1-2H3,(H,21,27)(H,23,25,26). The number of carbonyl (C=O) groups is 2. The van der Waals surface area contributed by atoms with Crippen LogP contribution in [0.4, 0.5) is 5.82 Å². The molecule has 1 aliphatic carbocycles. The van der Waals surface area contributed by atoms with E-state index in [9.17, 15) is 9.59 Å². The van der Waals surface area contributed by atoms with Crippen molar-refractivity contribution in [2.75, 3.05) is 19.0 Å². The minimum absolute atomic E-state index is 0.0472. The summed E-state index contributed by atoms with van der Waals surface area (Å²) in [5, 5.41) is 6.17. The molecule has 3 aromatic rings. The number of nitrogens with one attached hydrogen (secondary N) is 3. The molecule has 0 atom stereocenters. The van der Waals surface area contributed by atoms with E-state index in [2.05, 4.69) is 25.6 Å². The number of ether oxygens (including phenoxy) is 1. The average molecular weight is 379 g/mol. The summed E-state index contributed by atoms with van der Waals surface area (Å²) >= 11 is 0. The number of hydrogen-bond acceptors (Lipinski definition) is 5. The van der Waals surface area contributed by atoms with Crippen LogP contribution in [0.15, 0.2) is 30.6 Å². The molecule has 0 bridgehead atoms. The molecule has 0 aliphatic heterocycles. The van der Waals surface area contributed by atoms with Crippen LogP contribution in [-0.2, 0) is 4.79 Å². The Labute approximate surface area is 161 Å². The summed E-state index contributed by atoms with van der Waals surface area (Å²) in [6.07, 6.45) is 4.94. The third-order valence-electron chi connectivity index (χ3n) is 4.67. The molecule has 0 unspecified atom stereocenters. The van der Waals surface area contributed by atoms with Crippen molar-refractivity contribution in [2.24, 2.45) is 5.92 Å². The number of rotatable bonds is 6. The molecule has 0 saturated heterocycles. The molecule has 2 amide bonds. The Hall–Kier alpha value is -3.42. The van der Waals surface area contributed by atoms with E-state index in [1.165, 1.54) is 6.20 Å². The summed E-state index contributed by atoms with van der Waals surface area (Å²) in [5.41, 5.74) is 2.51. The van der Waals surface area contributed by atoms with Gasteiger partial charge >= 0.3 is 0 Å². The largest absolute Gasteiger partial charge is 0.477 e. The van der Waals surface area contributed by atoms with E-state index in [1.807, 2.05) is 25.1 Å². The lowest BCUT2D eigenvalue weighted by Gasteiger charge is -2.08. The predicted molar refractivity (Wildman–Crippen MR) is 105 cm³/mol. The molecular formula is C20H21N5O3. The second-order valence-corrected chi connectivity index (χ2v) is 6.62. The van der Waals surface area contributed by atoms with Crippen LogP contribution in [0.5, 0.6) is 5.88 Å². The molecule has 3 aromatic heterocycles. The number of nitrogens with zero attached hydrogens (tertiary/aromatic N) is 2. The molecule has 0 aromatic carbocycles. The number of H-pyrrole nitrogens is 1. The monoisotopic (exact) mass is 379 g/mol. The van der Waals surface area contributed by atoms with Crippen molar-refractivity contribution in [3.05, 3.63) is 36.2 Å². The minimum Gasteiger partial charge on any atom is -0.477 e. The van der Waals surface area contributed by atoms with Crippen LogP contribution >= 0.6 is 0 Å². The number of aromatic nitrogens is 3. The third-order valence-corrected chi connectivity index (χ3v) is 4.67. The van der Waals surface area contributed by atoms with E-state index in [1.54, 1.807) is 13.2 Å². The molecule has 8 heteroatoms. The van der Waals surface area contributed by atoms with E-state index < -0.39 is 0 Å². The summed E-state index contributed by atoms with van der Waals surface area (Å²) in [6.45, 7) is 2.38. The molecule has 3 heterocycles. The molecule has 0 spiro atoms. The lowest BCUT2D eigenvalue weighted by molar-refractivity contribution is -0.117. The Kier molecular flexibility index (Phi) is 4.68. The Balaban J connectivity index is 1.85. The average Bonchev–Trinajstić information content (AvgIpc) is 3.47. The van der Waals surface area contributed by atoms with Gasteiger partial charge in [0.25, 0.3) is 5.91 Å². The second-order valence-electron chi connectivity index (χ2n) is 6.62. The lowest BCUT2D eigenvalue weighted by atomic mass is 10.1. The summed E-state index contributed by atoms with van der Waals surface area (Å²) in [6, 6.07) is 5.56. The van der Waals surface area contributed by atoms with Crippen molar-refractivity contribution < 1.29 is 14.3 Å². The van der Waals surface area contributed by atoms with E-state index in [-0.39, 0.29) is 17.7 Å². The number of aromatic amines is 1. The van der Waals surface area contributed by atoms with Crippen molar-refractivity contribution in [3.63, 3.8) is 0 Å². The minimum atomic E-state index is -0.251. The number of carbonyl (C=O) groups excluding carboxylic acids is 2. The zero-order chi connectivity index (χ0) is 19.7. The topological polar surface area (TPSA) is 109 Å². The molecular weight excluding hydrogens is 358 g/mol. The zero-order valence-corrected chi connectivity index (χ0v) is 15.7. The van der Waals surface area contributed by atoms with Crippen molar-refractivity contribution in [1.29, 1.82) is 0 Å². The molecule has 4 rings (SSSR count). The molecule has 0 radical (unpaired) electrons. The summed E-state index contributed by atoms with van der Waals surface area (Å²) < 4.78 is 5.63. The van der Waals surface area contributed by atoms with Crippen molar-refractivity contribution in [3.8, 4) is 17.1 Å². The molecule has 1 saturated carbocycles. The first kappa shape index (κ1) is 18.0. The Morgan fingerprint density at radius 3 is 2.86 bits per heavy atom. The van der Waals surface area contributed by atoms with E-state index in [0.29, 0.717) is 34.8 Å². The normalized spacial score (nSPS) is 13.4. The Morgan fingerprint density at radius 1 is 1.32 bits per heavy atom. The summed E-state index contributed by atoms with van der Waals surface area (Å²) in [4.78, 5) is 36.4. The quantitative estimate of drug-likeness (QED) is 0.610. The van der Waals surface area contributed by atoms with Gasteiger partial charge in [0, 0.05) is 30.7 Å². The lowest BCUT2D eigenvalue weighted by Crippen LogP contribution is -2.19. The van der Waals surface area contributed by atoms with Crippen LogP contribution in [0, 0.1) is 5.92 Å². The molecule has 1 fully saturated rings. The van der Waals surface area contributed by atoms with Gasteiger partial charge in [-0.3, -0.25) is 9.59 Å². The first-order valence-corrected chi connectivity index (χ1v) is 9.25. The van der Waals surface area contributed by atoms with E-state index in [4.69, 9.17) is 4.74 Å². The van der Waals surface area contributed by atoms with Crippen molar-refractivity contribution in [2.45, 2.75) is 19.8 Å². The highest BCUT2D eigenvalue weighted by atomic mass is 16.5. The fourth-order valence-corrected chi connectivity index (χ4v) is 3.08. The molecule has 28 heavy (non-hydrogen) atoms. The maximum Gasteiger partial charge on any atom is 0.253 e. The zero-order valence-electron chi connectivity index (χ0n) is 15.7. The van der Waals surface area contributed by atoms with Gasteiger partial charge in [-0.25, -0.2) is 9.97 Å². The molecule has 3 N–H and O–H groups in total. The molecule has 8 nitrogen and oxygen atoms in total. The van der Waals surface area contributed by atoms with Crippen LogP contribution in [-0.4, -0.2) is 40.4 Å². The van der Waals surface area contributed by atoms with Crippen LogP contribution in [0.3, 0.4) is 0 Å². The highest BCUT2D eigenvalue weighted by Crippen LogP contribution is 2.35. The number of fused-ring (bicyclic) bond motifs is 1. The van der Waals surface area contributed by atoms with Crippen LogP contribution in [0.2, 0.25) is 0 Å². The van der Waals surface area contributed by atoms with Gasteiger partial charge in [-0.15, -0.1) is 0 Å². The predicted octanol–water partition coefficient (Wildman–Crippen LogP) is 2.73. The molecule has 1 aliphatic rings. The first-order chi connectivity index (χ1) is 13.6. The highest BCUT2D eigenvalue weighted by molar-refractivity contribution is 6.11. The number of amides is 2. The van der Waals surface area contributed by atoms with Gasteiger partial charge in [0.1, 0.15) is 0 Å². The smallest absolute Gasteiger partial charge is 0.253 e. The number of hydrogen-bond donors (Lipinski definition) is 3. The van der Waals surface area contributed by atoms with Gasteiger partial charge in [-0.05, 0) is 38.0 Å². The van der Waals surface area contributed by atoms with Crippen LogP contribution < -0.4 is 15.4 Å². The van der Waals surface area contributed by atoms with Crippen molar-refractivity contribution >= 4 is 28.5 Å². The highest BCUT2D eigenvalue weighted by Gasteiger charge is 2.30. The van der Waals surface area contributed by atoms with Gasteiger partial charge < -0.3 is 20.4 Å². The summed E-state index contributed by atoms with van der Waals surface area (Å²) in [5.74, 6) is 0.656. The SMILES string of the molecule is CCOc1ncccc1-c1cc2c(C(=O)NC)cnc(NC(=O)C3CC3)c2[nH]1. The van der Waals surface area contributed by atoms with Crippen molar-refractivity contribution in [1.82, 2.24) is 20.3 Å². The fourth-order valence-electron chi connectivity index (χ4n) is 3.08. The number of pyridine rings is 2. The fraction of sp³-hybridized carbons (Fsp3) is 0.300. The Morgan fingerprint density at radius 2 is 2.14 bits per heavy atom. The van der Waals surface area contributed by atoms with Crippen LogP contribution in [0.1, 0.15) is 30.1 Å². The van der Waals surface area contributed by atoms with Crippen LogP contribution in [0.25, 0.3) is 22.2 Å².